The van der Waals surface area contributed by atoms with Crippen LogP contribution in [0.3, 0.4) is 0 Å². The maximum Gasteiger partial charge on any atom is 0.309 e. The number of carbonyl (C=O) groups excluding carboxylic acids is 1. The van der Waals surface area contributed by atoms with Gasteiger partial charge in [-0.15, -0.1) is 0 Å². The number of nitrogens with one attached hydrogen (secondary N) is 1. The lowest BCUT2D eigenvalue weighted by molar-refractivity contribution is -0.150. The molecular formula is C11H19NO3. The highest BCUT2D eigenvalue weighted by Crippen LogP contribution is 2.30. The molecule has 2 aliphatic rings. The molecule has 0 aliphatic carbocycles. The summed E-state index contributed by atoms with van der Waals surface area (Å²) >= 11 is 0. The van der Waals surface area contributed by atoms with Gasteiger partial charge in [0.1, 0.15) is 0 Å². The Bertz CT molecular complexity index is 226. The second-order valence-electron chi connectivity index (χ2n) is 4.61. The number of carbonyl (C=O) groups is 1. The van der Waals surface area contributed by atoms with Crippen LogP contribution in [0.2, 0.25) is 0 Å². The first kappa shape index (κ1) is 10.9. The number of rotatable bonds is 2. The molecular weight excluding hydrogens is 194 g/mol. The summed E-state index contributed by atoms with van der Waals surface area (Å²) < 4.78 is 5.04. The van der Waals surface area contributed by atoms with Crippen molar-refractivity contribution in [2.45, 2.75) is 50.8 Å². The summed E-state index contributed by atoms with van der Waals surface area (Å²) in [5, 5.41) is 13.0. The molecule has 0 radical (unpaired) electrons. The number of hydrogen-bond acceptors (Lipinski definition) is 4. The van der Waals surface area contributed by atoms with Crippen molar-refractivity contribution >= 4 is 5.97 Å². The van der Waals surface area contributed by atoms with E-state index >= 15 is 0 Å². The summed E-state index contributed by atoms with van der Waals surface area (Å²) in [7, 11) is 0. The number of aliphatic hydroxyl groups excluding tert-OH is 1. The van der Waals surface area contributed by atoms with Crippen LogP contribution in [0.1, 0.15) is 32.6 Å². The molecule has 2 saturated heterocycles. The van der Waals surface area contributed by atoms with Gasteiger partial charge in [0.15, 0.2) is 0 Å². The van der Waals surface area contributed by atoms with E-state index in [9.17, 15) is 9.90 Å². The zero-order valence-corrected chi connectivity index (χ0v) is 9.11. The predicted octanol–water partition coefficient (Wildman–Crippen LogP) is 0.441. The minimum absolute atomic E-state index is 0.0358. The molecule has 2 bridgehead atoms. The third-order valence-electron chi connectivity index (χ3n) is 3.34. The highest BCUT2D eigenvalue weighted by molar-refractivity contribution is 5.72. The van der Waals surface area contributed by atoms with Crippen molar-refractivity contribution in [2.24, 2.45) is 5.92 Å². The maximum absolute atomic E-state index is 11.6. The van der Waals surface area contributed by atoms with E-state index in [2.05, 4.69) is 5.32 Å². The summed E-state index contributed by atoms with van der Waals surface area (Å²) in [5.74, 6) is -0.0286. The topological polar surface area (TPSA) is 58.6 Å². The van der Waals surface area contributed by atoms with Gasteiger partial charge in [-0.2, -0.15) is 0 Å². The van der Waals surface area contributed by atoms with E-state index in [1.54, 1.807) is 0 Å². The largest absolute Gasteiger partial charge is 0.466 e. The molecule has 0 aromatic carbocycles. The van der Waals surface area contributed by atoms with Crippen LogP contribution in [0.4, 0.5) is 0 Å². The number of esters is 1. The molecule has 2 unspecified atom stereocenters. The van der Waals surface area contributed by atoms with Crippen LogP contribution in [-0.4, -0.2) is 35.9 Å². The molecule has 0 amide bonds. The van der Waals surface area contributed by atoms with Gasteiger partial charge < -0.3 is 15.2 Å². The highest BCUT2D eigenvalue weighted by atomic mass is 16.5. The molecule has 4 nitrogen and oxygen atoms in total. The van der Waals surface area contributed by atoms with E-state index in [0.717, 1.165) is 25.7 Å². The lowest BCUT2D eigenvalue weighted by Crippen LogP contribution is -2.53. The Labute approximate surface area is 90.0 Å². The number of aliphatic hydroxyl groups is 1. The van der Waals surface area contributed by atoms with E-state index in [4.69, 9.17) is 4.74 Å². The lowest BCUT2D eigenvalue weighted by Gasteiger charge is -2.41. The van der Waals surface area contributed by atoms with Gasteiger partial charge >= 0.3 is 5.97 Å². The molecule has 2 N–H and O–H groups in total. The van der Waals surface area contributed by atoms with Gasteiger partial charge in [-0.1, -0.05) is 0 Å². The van der Waals surface area contributed by atoms with Crippen molar-refractivity contribution in [1.29, 1.82) is 0 Å². The van der Waals surface area contributed by atoms with Crippen molar-refractivity contribution in [3.8, 4) is 0 Å². The van der Waals surface area contributed by atoms with E-state index in [1.165, 1.54) is 0 Å². The Morgan fingerprint density at radius 1 is 1.33 bits per heavy atom. The third kappa shape index (κ3) is 2.49. The summed E-state index contributed by atoms with van der Waals surface area (Å²) in [6.07, 6.45) is 2.97. The summed E-state index contributed by atoms with van der Waals surface area (Å²) in [6, 6.07) is 0.587. The van der Waals surface area contributed by atoms with Gasteiger partial charge in [-0.3, -0.25) is 4.79 Å². The monoisotopic (exact) mass is 213 g/mol. The number of fused-ring (bicyclic) bond motifs is 2. The van der Waals surface area contributed by atoms with Crippen LogP contribution in [0, 0.1) is 5.92 Å². The number of piperidine rings is 2. The van der Waals surface area contributed by atoms with Crippen molar-refractivity contribution in [3.63, 3.8) is 0 Å². The first-order chi connectivity index (χ1) is 7.19. The molecule has 86 valence electrons. The van der Waals surface area contributed by atoms with E-state index < -0.39 is 0 Å². The molecule has 4 heteroatoms. The first-order valence-electron chi connectivity index (χ1n) is 5.79. The molecule has 2 heterocycles. The van der Waals surface area contributed by atoms with Gasteiger partial charge in [0.25, 0.3) is 0 Å². The van der Waals surface area contributed by atoms with Crippen LogP contribution >= 0.6 is 0 Å². The Morgan fingerprint density at radius 2 is 1.93 bits per heavy atom. The number of hydrogen-bond donors (Lipinski definition) is 2. The van der Waals surface area contributed by atoms with Crippen LogP contribution in [-0.2, 0) is 9.53 Å². The average Bonchev–Trinajstić information content (AvgIpc) is 2.16. The highest BCUT2D eigenvalue weighted by Gasteiger charge is 2.38. The van der Waals surface area contributed by atoms with E-state index in [-0.39, 0.29) is 18.0 Å². The van der Waals surface area contributed by atoms with Gasteiger partial charge in [0, 0.05) is 12.1 Å². The molecule has 0 aromatic heterocycles. The second-order valence-corrected chi connectivity index (χ2v) is 4.61. The fourth-order valence-electron chi connectivity index (χ4n) is 2.79. The van der Waals surface area contributed by atoms with Crippen molar-refractivity contribution < 1.29 is 14.6 Å². The Morgan fingerprint density at radius 3 is 2.47 bits per heavy atom. The van der Waals surface area contributed by atoms with Crippen molar-refractivity contribution in [2.75, 3.05) is 6.61 Å². The predicted molar refractivity (Wildman–Crippen MR) is 55.3 cm³/mol. The molecule has 2 fully saturated rings. The average molecular weight is 213 g/mol. The normalized spacial score (nSPS) is 39.9. The summed E-state index contributed by atoms with van der Waals surface area (Å²) in [6.45, 7) is 2.30. The zero-order valence-electron chi connectivity index (χ0n) is 9.11. The molecule has 0 saturated carbocycles. The maximum atomic E-state index is 11.6. The van der Waals surface area contributed by atoms with Crippen molar-refractivity contribution in [3.05, 3.63) is 0 Å². The standard InChI is InChI=1S/C11H19NO3/c1-2-15-11(14)7-3-8-5-10(13)6-9(4-7)12-8/h7-10,12-13H,2-6H2,1H3. The Balaban J connectivity index is 1.93. The van der Waals surface area contributed by atoms with Crippen LogP contribution in [0.25, 0.3) is 0 Å². The minimum atomic E-state index is -0.190. The summed E-state index contributed by atoms with van der Waals surface area (Å²) in [5.41, 5.74) is 0. The molecule has 2 atom stereocenters. The van der Waals surface area contributed by atoms with E-state index in [0.29, 0.717) is 18.7 Å². The van der Waals surface area contributed by atoms with E-state index in [1.807, 2.05) is 6.92 Å². The Kier molecular flexibility index (Phi) is 3.26. The fraction of sp³-hybridized carbons (Fsp3) is 0.909. The molecule has 0 spiro atoms. The molecule has 0 aromatic rings. The third-order valence-corrected chi connectivity index (χ3v) is 3.34. The molecule has 2 aliphatic heterocycles. The van der Waals surface area contributed by atoms with Gasteiger partial charge in [-0.05, 0) is 32.6 Å². The van der Waals surface area contributed by atoms with Gasteiger partial charge in [0.2, 0.25) is 0 Å². The first-order valence-corrected chi connectivity index (χ1v) is 5.79. The van der Waals surface area contributed by atoms with Crippen LogP contribution in [0.15, 0.2) is 0 Å². The SMILES string of the molecule is CCOC(=O)C1CC2CC(O)CC(C1)N2. The van der Waals surface area contributed by atoms with Gasteiger partial charge in [-0.25, -0.2) is 0 Å². The van der Waals surface area contributed by atoms with Crippen LogP contribution in [0.5, 0.6) is 0 Å². The number of ether oxygens (including phenoxy) is 1. The van der Waals surface area contributed by atoms with Crippen LogP contribution < -0.4 is 5.32 Å². The smallest absolute Gasteiger partial charge is 0.309 e. The van der Waals surface area contributed by atoms with Crippen molar-refractivity contribution in [1.82, 2.24) is 5.32 Å². The quantitative estimate of drug-likeness (QED) is 0.654. The zero-order chi connectivity index (χ0) is 10.8. The summed E-state index contributed by atoms with van der Waals surface area (Å²) in [4.78, 5) is 11.6. The second kappa shape index (κ2) is 4.49. The van der Waals surface area contributed by atoms with Gasteiger partial charge in [0.05, 0.1) is 18.6 Å². The Hall–Kier alpha value is -0.610. The lowest BCUT2D eigenvalue weighted by atomic mass is 9.79. The molecule has 15 heavy (non-hydrogen) atoms. The minimum Gasteiger partial charge on any atom is -0.466 e. The molecule has 2 rings (SSSR count). The fourth-order valence-corrected chi connectivity index (χ4v) is 2.79.